The molecule has 2 amide bonds. The Morgan fingerprint density at radius 2 is 1.59 bits per heavy atom. The number of anilines is 1. The van der Waals surface area contributed by atoms with Crippen molar-refractivity contribution in [3.05, 3.63) is 94.5 Å². The SMILES string of the molecule is Cc1ccc(N2CCN(C(=O)c3ccc(C4C(=O)N[C@H](c5ccccc5)[C@@H]4C)cc3S(C)(=O)=O)CC2)c(C)c1. The van der Waals surface area contributed by atoms with Gasteiger partial charge in [0.15, 0.2) is 9.84 Å². The van der Waals surface area contributed by atoms with Gasteiger partial charge < -0.3 is 15.1 Å². The first kappa shape index (κ1) is 26.9. The zero-order valence-corrected chi connectivity index (χ0v) is 23.7. The zero-order valence-electron chi connectivity index (χ0n) is 22.8. The van der Waals surface area contributed by atoms with E-state index in [1.807, 2.05) is 37.3 Å². The Bertz CT molecular complexity index is 1510. The quantitative estimate of drug-likeness (QED) is 0.518. The largest absolute Gasteiger partial charge is 0.368 e. The molecule has 2 heterocycles. The highest BCUT2D eigenvalue weighted by Crippen LogP contribution is 2.41. The minimum Gasteiger partial charge on any atom is -0.368 e. The Morgan fingerprint density at radius 1 is 0.897 bits per heavy atom. The maximum atomic E-state index is 13.6. The Balaban J connectivity index is 1.38. The summed E-state index contributed by atoms with van der Waals surface area (Å²) < 4.78 is 25.8. The van der Waals surface area contributed by atoms with Gasteiger partial charge in [0.05, 0.1) is 22.4 Å². The van der Waals surface area contributed by atoms with Gasteiger partial charge in [0.2, 0.25) is 5.91 Å². The highest BCUT2D eigenvalue weighted by atomic mass is 32.2. The molecule has 0 saturated carbocycles. The van der Waals surface area contributed by atoms with E-state index in [-0.39, 0.29) is 34.2 Å². The first-order valence-corrected chi connectivity index (χ1v) is 15.2. The summed E-state index contributed by atoms with van der Waals surface area (Å²) in [5, 5.41) is 3.07. The third kappa shape index (κ3) is 5.30. The van der Waals surface area contributed by atoms with Crippen LogP contribution in [0.2, 0.25) is 0 Å². The van der Waals surface area contributed by atoms with Crippen molar-refractivity contribution in [3.63, 3.8) is 0 Å². The Morgan fingerprint density at radius 3 is 2.23 bits per heavy atom. The number of carbonyl (C=O) groups is 2. The van der Waals surface area contributed by atoms with Gasteiger partial charge in [-0.25, -0.2) is 8.42 Å². The fourth-order valence-electron chi connectivity index (χ4n) is 6.00. The van der Waals surface area contributed by atoms with Crippen LogP contribution in [0.4, 0.5) is 5.69 Å². The molecular formula is C31H35N3O4S. The molecule has 0 aromatic heterocycles. The summed E-state index contributed by atoms with van der Waals surface area (Å²) in [4.78, 5) is 30.6. The number of aryl methyl sites for hydroxylation is 2. The fourth-order valence-corrected chi connectivity index (χ4v) is 6.91. The summed E-state index contributed by atoms with van der Waals surface area (Å²) in [5.41, 5.74) is 5.34. The molecule has 2 saturated heterocycles. The Labute approximate surface area is 230 Å². The lowest BCUT2D eigenvalue weighted by atomic mass is 9.84. The monoisotopic (exact) mass is 545 g/mol. The molecule has 5 rings (SSSR count). The molecule has 1 unspecified atom stereocenters. The molecule has 3 aromatic carbocycles. The topological polar surface area (TPSA) is 86.8 Å². The van der Waals surface area contributed by atoms with E-state index in [1.54, 1.807) is 17.0 Å². The number of nitrogens with one attached hydrogen (secondary N) is 1. The Hall–Kier alpha value is -3.65. The first-order chi connectivity index (χ1) is 18.5. The van der Waals surface area contributed by atoms with Crippen molar-refractivity contribution in [1.29, 1.82) is 0 Å². The predicted octanol–water partition coefficient (Wildman–Crippen LogP) is 4.26. The second-order valence-electron chi connectivity index (χ2n) is 10.8. The van der Waals surface area contributed by atoms with Gasteiger partial charge in [0, 0.05) is 38.1 Å². The molecule has 1 N–H and O–H groups in total. The molecule has 0 radical (unpaired) electrons. The molecule has 3 atom stereocenters. The van der Waals surface area contributed by atoms with E-state index in [1.165, 1.54) is 17.2 Å². The van der Waals surface area contributed by atoms with Crippen LogP contribution >= 0.6 is 0 Å². The van der Waals surface area contributed by atoms with Crippen molar-refractivity contribution in [2.24, 2.45) is 5.92 Å². The number of hydrogen-bond donors (Lipinski definition) is 1. The van der Waals surface area contributed by atoms with Crippen LogP contribution in [0.15, 0.2) is 71.6 Å². The van der Waals surface area contributed by atoms with Gasteiger partial charge in [0.25, 0.3) is 5.91 Å². The van der Waals surface area contributed by atoms with Crippen LogP contribution in [0.25, 0.3) is 0 Å². The van der Waals surface area contributed by atoms with Crippen LogP contribution in [-0.2, 0) is 14.6 Å². The number of rotatable bonds is 5. The summed E-state index contributed by atoms with van der Waals surface area (Å²) in [7, 11) is -3.72. The summed E-state index contributed by atoms with van der Waals surface area (Å²) >= 11 is 0. The Kier molecular flexibility index (Phi) is 7.25. The summed E-state index contributed by atoms with van der Waals surface area (Å²) in [6.45, 7) is 8.49. The van der Waals surface area contributed by atoms with E-state index in [0.717, 1.165) is 17.5 Å². The van der Waals surface area contributed by atoms with Crippen molar-refractivity contribution < 1.29 is 18.0 Å². The molecule has 0 spiro atoms. The van der Waals surface area contributed by atoms with Gasteiger partial charge in [-0.05, 0) is 54.7 Å². The lowest BCUT2D eigenvalue weighted by Gasteiger charge is -2.37. The van der Waals surface area contributed by atoms with Crippen molar-refractivity contribution >= 4 is 27.3 Å². The fraction of sp³-hybridized carbons (Fsp3) is 0.355. The molecule has 0 bridgehead atoms. The van der Waals surface area contributed by atoms with Crippen molar-refractivity contribution in [1.82, 2.24) is 10.2 Å². The standard InChI is InChI=1S/C31H35N3O4S/c1-20-10-13-26(21(2)18-20)33-14-16-34(17-15-33)31(36)25-12-11-24(19-27(25)39(4,37)38)28-22(3)29(32-30(28)35)23-8-6-5-7-9-23/h5-13,18-19,22,28-29H,14-17H2,1-4H3,(H,32,35)/t22-,28?,29+/m1/s1. The summed E-state index contributed by atoms with van der Waals surface area (Å²) in [6.07, 6.45) is 1.12. The van der Waals surface area contributed by atoms with Crippen molar-refractivity contribution in [3.8, 4) is 0 Å². The molecule has 8 heteroatoms. The van der Waals surface area contributed by atoms with Crippen LogP contribution in [-0.4, -0.2) is 57.6 Å². The van der Waals surface area contributed by atoms with Crippen molar-refractivity contribution in [2.75, 3.05) is 37.3 Å². The van der Waals surface area contributed by atoms with Crippen molar-refractivity contribution in [2.45, 2.75) is 37.6 Å². The number of sulfone groups is 1. The normalized spacial score (nSPS) is 21.6. The second-order valence-corrected chi connectivity index (χ2v) is 12.8. The molecule has 7 nitrogen and oxygen atoms in total. The highest BCUT2D eigenvalue weighted by Gasteiger charge is 2.41. The average Bonchev–Trinajstić information content (AvgIpc) is 3.21. The minimum absolute atomic E-state index is 0.0232. The van der Waals surface area contributed by atoms with E-state index in [0.29, 0.717) is 31.7 Å². The van der Waals surface area contributed by atoms with Gasteiger partial charge in [0.1, 0.15) is 0 Å². The average molecular weight is 546 g/mol. The number of nitrogens with zero attached hydrogens (tertiary/aromatic N) is 2. The highest BCUT2D eigenvalue weighted by molar-refractivity contribution is 7.90. The van der Waals surface area contributed by atoms with Gasteiger partial charge in [-0.1, -0.05) is 61.0 Å². The molecule has 2 aliphatic rings. The summed E-state index contributed by atoms with van der Waals surface area (Å²) in [5.74, 6) is -1.04. The number of hydrogen-bond acceptors (Lipinski definition) is 5. The van der Waals surface area contributed by atoms with Gasteiger partial charge >= 0.3 is 0 Å². The molecule has 2 fully saturated rings. The van der Waals surface area contributed by atoms with E-state index in [2.05, 4.69) is 42.3 Å². The molecule has 0 aliphatic carbocycles. The third-order valence-electron chi connectivity index (χ3n) is 8.05. The second kappa shape index (κ2) is 10.5. The van der Waals surface area contributed by atoms with E-state index >= 15 is 0 Å². The number of amides is 2. The molecule has 3 aromatic rings. The summed E-state index contributed by atoms with van der Waals surface area (Å²) in [6, 6.07) is 20.8. The maximum Gasteiger partial charge on any atom is 0.255 e. The molecular weight excluding hydrogens is 510 g/mol. The van der Waals surface area contributed by atoms with Crippen LogP contribution in [0.3, 0.4) is 0 Å². The van der Waals surface area contributed by atoms with Gasteiger partial charge in [-0.3, -0.25) is 9.59 Å². The van der Waals surface area contributed by atoms with Crippen LogP contribution in [0, 0.1) is 19.8 Å². The van der Waals surface area contributed by atoms with E-state index < -0.39 is 15.8 Å². The lowest BCUT2D eigenvalue weighted by Crippen LogP contribution is -2.49. The third-order valence-corrected chi connectivity index (χ3v) is 9.18. The van der Waals surface area contributed by atoms with Gasteiger partial charge in [-0.15, -0.1) is 0 Å². The van der Waals surface area contributed by atoms with E-state index in [9.17, 15) is 18.0 Å². The number of benzene rings is 3. The lowest BCUT2D eigenvalue weighted by molar-refractivity contribution is -0.120. The predicted molar refractivity (Wildman–Crippen MR) is 153 cm³/mol. The first-order valence-electron chi connectivity index (χ1n) is 13.4. The molecule has 39 heavy (non-hydrogen) atoms. The van der Waals surface area contributed by atoms with Gasteiger partial charge in [-0.2, -0.15) is 0 Å². The maximum absolute atomic E-state index is 13.6. The van der Waals surface area contributed by atoms with E-state index in [4.69, 9.17) is 0 Å². The van der Waals surface area contributed by atoms with Crippen LogP contribution in [0.1, 0.15) is 51.5 Å². The zero-order chi connectivity index (χ0) is 27.9. The van der Waals surface area contributed by atoms with Crippen LogP contribution in [0.5, 0.6) is 0 Å². The number of carbonyl (C=O) groups excluding carboxylic acids is 2. The molecule has 204 valence electrons. The minimum atomic E-state index is -3.72. The molecule has 2 aliphatic heterocycles. The van der Waals surface area contributed by atoms with Crippen LogP contribution < -0.4 is 10.2 Å². The smallest absolute Gasteiger partial charge is 0.255 e. The number of piperazine rings is 1.